The Bertz CT molecular complexity index is 299. The molecule has 4 unspecified atom stereocenters. The third-order valence-corrected chi connectivity index (χ3v) is 5.91. The van der Waals surface area contributed by atoms with E-state index in [-0.39, 0.29) is 5.54 Å². The van der Waals surface area contributed by atoms with Crippen molar-refractivity contribution in [3.63, 3.8) is 0 Å². The van der Waals surface area contributed by atoms with Crippen molar-refractivity contribution >= 4 is 0 Å². The molecule has 4 atom stereocenters. The highest BCUT2D eigenvalue weighted by Gasteiger charge is 2.47. The molecule has 2 aliphatic carbocycles. The molecule has 0 radical (unpaired) electrons. The fourth-order valence-electron chi connectivity index (χ4n) is 4.14. The van der Waals surface area contributed by atoms with Crippen LogP contribution in [0.25, 0.3) is 0 Å². The Morgan fingerprint density at radius 1 is 1.22 bits per heavy atom. The Kier molecular flexibility index (Phi) is 3.81. The molecule has 106 valence electrons. The molecule has 0 saturated heterocycles. The van der Waals surface area contributed by atoms with Crippen LogP contribution < -0.4 is 5.73 Å². The molecule has 2 aliphatic rings. The monoisotopic (exact) mass is 252 g/mol. The highest BCUT2D eigenvalue weighted by Crippen LogP contribution is 2.47. The van der Waals surface area contributed by atoms with Crippen LogP contribution in [-0.2, 0) is 0 Å². The molecule has 2 nitrogen and oxygen atoms in total. The molecule has 2 heteroatoms. The molecule has 0 amide bonds. The van der Waals surface area contributed by atoms with E-state index in [2.05, 4.69) is 39.6 Å². The van der Waals surface area contributed by atoms with Gasteiger partial charge in [-0.3, -0.25) is 4.90 Å². The standard InChI is InChI=1S/C16H32N2/c1-12-8-14(12)10-18(5)16(11-17)7-6-15(3,4)9-13(16)2/h12-14H,6-11,17H2,1-5H3. The Morgan fingerprint density at radius 2 is 1.83 bits per heavy atom. The zero-order chi connectivity index (χ0) is 13.6. The molecular weight excluding hydrogens is 220 g/mol. The van der Waals surface area contributed by atoms with E-state index in [1.807, 2.05) is 0 Å². The van der Waals surface area contributed by atoms with Gasteiger partial charge in [-0.1, -0.05) is 27.7 Å². The third kappa shape index (κ3) is 2.60. The molecule has 0 aromatic rings. The molecule has 2 fully saturated rings. The molecule has 2 rings (SSSR count). The minimum absolute atomic E-state index is 0.262. The lowest BCUT2D eigenvalue weighted by Gasteiger charge is -2.53. The quantitative estimate of drug-likeness (QED) is 0.833. The second-order valence-corrected chi connectivity index (χ2v) is 7.93. The smallest absolute Gasteiger partial charge is 0.0354 e. The highest BCUT2D eigenvalue weighted by atomic mass is 15.2. The van der Waals surface area contributed by atoms with Crippen LogP contribution in [0.1, 0.15) is 53.4 Å². The number of hydrogen-bond donors (Lipinski definition) is 1. The first-order chi connectivity index (χ1) is 8.31. The average Bonchev–Trinajstić information content (AvgIpc) is 2.93. The van der Waals surface area contributed by atoms with Gasteiger partial charge in [0.1, 0.15) is 0 Å². The maximum absolute atomic E-state index is 6.21. The van der Waals surface area contributed by atoms with Crippen LogP contribution >= 0.6 is 0 Å². The summed E-state index contributed by atoms with van der Waals surface area (Å²) in [5.74, 6) is 2.59. The second-order valence-electron chi connectivity index (χ2n) is 7.93. The van der Waals surface area contributed by atoms with Gasteiger partial charge in [0.25, 0.3) is 0 Å². The number of nitrogens with two attached hydrogens (primary N) is 1. The molecule has 0 aromatic carbocycles. The van der Waals surface area contributed by atoms with E-state index in [4.69, 9.17) is 5.73 Å². The first kappa shape index (κ1) is 14.3. The van der Waals surface area contributed by atoms with Gasteiger partial charge in [0.15, 0.2) is 0 Å². The van der Waals surface area contributed by atoms with E-state index in [1.54, 1.807) is 0 Å². The van der Waals surface area contributed by atoms with E-state index in [1.165, 1.54) is 32.2 Å². The summed E-state index contributed by atoms with van der Waals surface area (Å²) in [6.45, 7) is 11.7. The zero-order valence-electron chi connectivity index (χ0n) is 13.0. The van der Waals surface area contributed by atoms with Crippen molar-refractivity contribution in [1.29, 1.82) is 0 Å². The van der Waals surface area contributed by atoms with Crippen LogP contribution in [0.4, 0.5) is 0 Å². The Hall–Kier alpha value is -0.0800. The number of nitrogens with zero attached hydrogens (tertiary/aromatic N) is 1. The van der Waals surface area contributed by atoms with Gasteiger partial charge in [-0.25, -0.2) is 0 Å². The summed E-state index contributed by atoms with van der Waals surface area (Å²) in [6, 6.07) is 0. The average molecular weight is 252 g/mol. The van der Waals surface area contributed by atoms with Crippen molar-refractivity contribution in [2.75, 3.05) is 20.1 Å². The summed E-state index contributed by atoms with van der Waals surface area (Å²) in [5, 5.41) is 0. The van der Waals surface area contributed by atoms with Crippen LogP contribution in [0.3, 0.4) is 0 Å². The third-order valence-electron chi connectivity index (χ3n) is 5.91. The summed E-state index contributed by atoms with van der Waals surface area (Å²) >= 11 is 0. The van der Waals surface area contributed by atoms with E-state index in [0.717, 1.165) is 18.4 Å². The molecule has 2 N–H and O–H groups in total. The van der Waals surface area contributed by atoms with Gasteiger partial charge in [0.2, 0.25) is 0 Å². The van der Waals surface area contributed by atoms with E-state index >= 15 is 0 Å². The van der Waals surface area contributed by atoms with Crippen LogP contribution in [0.2, 0.25) is 0 Å². The number of hydrogen-bond acceptors (Lipinski definition) is 2. The predicted molar refractivity (Wildman–Crippen MR) is 78.5 cm³/mol. The maximum Gasteiger partial charge on any atom is 0.0354 e. The molecule has 18 heavy (non-hydrogen) atoms. The van der Waals surface area contributed by atoms with E-state index in [0.29, 0.717) is 11.3 Å². The highest BCUT2D eigenvalue weighted by molar-refractivity contribution is 5.02. The van der Waals surface area contributed by atoms with Crippen molar-refractivity contribution < 1.29 is 0 Å². The van der Waals surface area contributed by atoms with Crippen LogP contribution in [0.5, 0.6) is 0 Å². The van der Waals surface area contributed by atoms with Gasteiger partial charge in [0, 0.05) is 18.6 Å². The first-order valence-electron chi connectivity index (χ1n) is 7.72. The van der Waals surface area contributed by atoms with Gasteiger partial charge in [-0.2, -0.15) is 0 Å². The fourth-order valence-corrected chi connectivity index (χ4v) is 4.14. The summed E-state index contributed by atoms with van der Waals surface area (Å²) in [7, 11) is 2.31. The lowest BCUT2D eigenvalue weighted by atomic mass is 9.63. The fraction of sp³-hybridized carbons (Fsp3) is 1.00. The topological polar surface area (TPSA) is 29.3 Å². The number of likely N-dealkylation sites (N-methyl/N-ethyl adjacent to an activating group) is 1. The summed E-state index contributed by atoms with van der Waals surface area (Å²) in [6.07, 6.45) is 5.33. The Labute approximate surface area is 113 Å². The van der Waals surface area contributed by atoms with Crippen molar-refractivity contribution in [2.45, 2.75) is 58.9 Å². The van der Waals surface area contributed by atoms with Gasteiger partial charge in [-0.15, -0.1) is 0 Å². The lowest BCUT2D eigenvalue weighted by Crippen LogP contribution is -2.60. The van der Waals surface area contributed by atoms with E-state index < -0.39 is 0 Å². The molecule has 0 aliphatic heterocycles. The van der Waals surface area contributed by atoms with Crippen LogP contribution in [0, 0.1) is 23.2 Å². The minimum Gasteiger partial charge on any atom is -0.329 e. The Balaban J connectivity index is 2.05. The van der Waals surface area contributed by atoms with Crippen LogP contribution in [0.15, 0.2) is 0 Å². The maximum atomic E-state index is 6.21. The molecule has 0 aromatic heterocycles. The molecule has 2 saturated carbocycles. The van der Waals surface area contributed by atoms with E-state index in [9.17, 15) is 0 Å². The minimum atomic E-state index is 0.262. The predicted octanol–water partition coefficient (Wildman–Crippen LogP) is 3.12. The normalized spacial score (nSPS) is 43.2. The van der Waals surface area contributed by atoms with Gasteiger partial charge in [0.05, 0.1) is 0 Å². The molecular formula is C16H32N2. The lowest BCUT2D eigenvalue weighted by molar-refractivity contribution is -0.00995. The Morgan fingerprint density at radius 3 is 2.28 bits per heavy atom. The van der Waals surface area contributed by atoms with Crippen molar-refractivity contribution in [2.24, 2.45) is 28.9 Å². The van der Waals surface area contributed by atoms with Crippen molar-refractivity contribution in [3.8, 4) is 0 Å². The summed E-state index contributed by atoms with van der Waals surface area (Å²) in [5.41, 5.74) is 6.97. The first-order valence-corrected chi connectivity index (χ1v) is 7.72. The van der Waals surface area contributed by atoms with Gasteiger partial charge >= 0.3 is 0 Å². The molecule has 0 heterocycles. The van der Waals surface area contributed by atoms with Gasteiger partial charge in [-0.05, 0) is 55.9 Å². The van der Waals surface area contributed by atoms with Crippen molar-refractivity contribution in [3.05, 3.63) is 0 Å². The summed E-state index contributed by atoms with van der Waals surface area (Å²) in [4.78, 5) is 2.61. The summed E-state index contributed by atoms with van der Waals surface area (Å²) < 4.78 is 0. The van der Waals surface area contributed by atoms with Gasteiger partial charge < -0.3 is 5.73 Å². The second kappa shape index (κ2) is 4.79. The SMILES string of the molecule is CC1CC1CN(C)C1(CN)CCC(C)(C)CC1C. The molecule has 0 spiro atoms. The van der Waals surface area contributed by atoms with Crippen molar-refractivity contribution in [1.82, 2.24) is 4.90 Å². The van der Waals surface area contributed by atoms with Crippen LogP contribution in [-0.4, -0.2) is 30.6 Å². The zero-order valence-corrected chi connectivity index (χ0v) is 13.0. The number of rotatable bonds is 4. The largest absolute Gasteiger partial charge is 0.329 e. The molecule has 0 bridgehead atoms.